The van der Waals surface area contributed by atoms with Crippen molar-refractivity contribution in [1.29, 1.82) is 5.26 Å². The van der Waals surface area contributed by atoms with E-state index >= 15 is 0 Å². The Morgan fingerprint density at radius 1 is 1.57 bits per heavy atom. The normalized spacial score (nSPS) is 16.3. The van der Waals surface area contributed by atoms with Gasteiger partial charge in [0.05, 0.1) is 6.07 Å². The molecule has 1 unspecified atom stereocenters. The molecule has 0 radical (unpaired) electrons. The van der Waals surface area contributed by atoms with Crippen molar-refractivity contribution in [2.24, 2.45) is 0 Å². The van der Waals surface area contributed by atoms with E-state index in [4.69, 9.17) is 5.26 Å². The Balaban J connectivity index is 1.87. The van der Waals surface area contributed by atoms with Gasteiger partial charge in [-0.2, -0.15) is 5.26 Å². The zero-order valence-corrected chi connectivity index (χ0v) is 12.2. The molecule has 2 aromatic rings. The minimum atomic E-state index is -0.315. The van der Waals surface area contributed by atoms with Crippen LogP contribution in [0.25, 0.3) is 11.4 Å². The lowest BCUT2D eigenvalue weighted by atomic mass is 10.2. The molecule has 1 N–H and O–H groups in total. The third kappa shape index (κ3) is 2.76. The smallest absolute Gasteiger partial charge is 0.238 e. The van der Waals surface area contributed by atoms with E-state index < -0.39 is 0 Å². The molecule has 1 aliphatic rings. The zero-order chi connectivity index (χ0) is 14.8. The number of nitrogens with zero attached hydrogens (tertiary/aromatic N) is 4. The van der Waals surface area contributed by atoms with Crippen molar-refractivity contribution in [2.75, 3.05) is 5.32 Å². The number of fused-ring (bicyclic) bond motifs is 1. The number of nitriles is 1. The molecule has 0 spiro atoms. The van der Waals surface area contributed by atoms with Gasteiger partial charge in [-0.3, -0.25) is 4.79 Å². The number of thioether (sulfide) groups is 1. The average Bonchev–Trinajstić information content (AvgIpc) is 2.98. The van der Waals surface area contributed by atoms with Crippen molar-refractivity contribution in [2.45, 2.75) is 30.3 Å². The first-order chi connectivity index (χ1) is 10.2. The summed E-state index contributed by atoms with van der Waals surface area (Å²) in [7, 11) is 0. The highest BCUT2D eigenvalue weighted by atomic mass is 32.2. The van der Waals surface area contributed by atoms with Gasteiger partial charge in [0.2, 0.25) is 5.91 Å². The highest BCUT2D eigenvalue weighted by Crippen LogP contribution is 2.34. The second-order valence-corrected chi connectivity index (χ2v) is 6.21. The van der Waals surface area contributed by atoms with E-state index in [-0.39, 0.29) is 12.3 Å². The molecule has 0 fully saturated rings. The molecule has 0 aliphatic carbocycles. The fourth-order valence-electron chi connectivity index (χ4n) is 2.24. The number of carbonyl (C=O) groups is 1. The summed E-state index contributed by atoms with van der Waals surface area (Å²) in [5.74, 6) is 0.489. The summed E-state index contributed by atoms with van der Waals surface area (Å²) in [4.78, 5) is 11.5. The Bertz CT molecular complexity index is 733. The number of hydrogen-bond donors (Lipinski definition) is 1. The molecule has 1 aliphatic heterocycles. The number of hydrogen-bond acceptors (Lipinski definition) is 5. The molecule has 106 valence electrons. The van der Waals surface area contributed by atoms with Gasteiger partial charge >= 0.3 is 0 Å². The van der Waals surface area contributed by atoms with Crippen molar-refractivity contribution in [3.05, 3.63) is 24.3 Å². The number of aromatic nitrogens is 3. The molecule has 7 heteroatoms. The molecule has 21 heavy (non-hydrogen) atoms. The highest BCUT2D eigenvalue weighted by Gasteiger charge is 2.24. The van der Waals surface area contributed by atoms with Crippen molar-refractivity contribution in [3.63, 3.8) is 0 Å². The summed E-state index contributed by atoms with van der Waals surface area (Å²) in [6, 6.07) is 9.25. The quantitative estimate of drug-likeness (QED) is 0.940. The molecular formula is C14H13N5OS. The largest absolute Gasteiger partial charge is 0.325 e. The second kappa shape index (κ2) is 5.58. The van der Waals surface area contributed by atoms with E-state index in [2.05, 4.69) is 27.0 Å². The van der Waals surface area contributed by atoms with Crippen LogP contribution >= 0.6 is 11.8 Å². The molecule has 2 heterocycles. The molecule has 0 bridgehead atoms. The van der Waals surface area contributed by atoms with Crippen LogP contribution in [0.5, 0.6) is 0 Å². The number of nitrogens with one attached hydrogen (secondary N) is 1. The van der Waals surface area contributed by atoms with E-state index in [0.29, 0.717) is 10.9 Å². The van der Waals surface area contributed by atoms with E-state index in [1.54, 1.807) is 17.8 Å². The molecular weight excluding hydrogens is 286 g/mol. The Kier molecular flexibility index (Phi) is 3.62. The maximum atomic E-state index is 11.5. The van der Waals surface area contributed by atoms with Crippen molar-refractivity contribution < 1.29 is 4.79 Å². The fraction of sp³-hybridized carbons (Fsp3) is 0.286. The molecule has 6 nitrogen and oxygen atoms in total. The molecule has 0 saturated heterocycles. The van der Waals surface area contributed by atoms with Crippen LogP contribution in [-0.2, 0) is 11.3 Å². The molecule has 1 atom stereocenters. The van der Waals surface area contributed by atoms with Crippen LogP contribution < -0.4 is 5.32 Å². The number of benzene rings is 1. The van der Waals surface area contributed by atoms with E-state index in [1.807, 2.05) is 24.3 Å². The minimum absolute atomic E-state index is 0.154. The third-order valence-electron chi connectivity index (χ3n) is 3.11. The minimum Gasteiger partial charge on any atom is -0.325 e. The Labute approximate surface area is 126 Å². The van der Waals surface area contributed by atoms with Gasteiger partial charge in [-0.05, 0) is 12.1 Å². The Hall–Kier alpha value is -2.33. The van der Waals surface area contributed by atoms with Crippen LogP contribution in [0.4, 0.5) is 5.69 Å². The molecule has 1 aromatic heterocycles. The van der Waals surface area contributed by atoms with Gasteiger partial charge in [0, 0.05) is 23.0 Å². The number of rotatable bonds is 3. The van der Waals surface area contributed by atoms with Gasteiger partial charge in [0.1, 0.15) is 6.42 Å². The summed E-state index contributed by atoms with van der Waals surface area (Å²) >= 11 is 1.71. The summed E-state index contributed by atoms with van der Waals surface area (Å²) in [5, 5.41) is 21.0. The van der Waals surface area contributed by atoms with Crippen LogP contribution in [0.3, 0.4) is 0 Å². The third-order valence-corrected chi connectivity index (χ3v) is 4.17. The first kappa shape index (κ1) is 13.6. The Morgan fingerprint density at radius 3 is 3.24 bits per heavy atom. The number of carbonyl (C=O) groups excluding carboxylic acids is 1. The summed E-state index contributed by atoms with van der Waals surface area (Å²) < 4.78 is 2.09. The number of amides is 1. The zero-order valence-electron chi connectivity index (χ0n) is 11.4. The standard InChI is InChI=1S/C14H13N5OS/c1-9-8-19-13(17-18-14(19)21-9)10-3-2-4-11(7-10)16-12(20)5-6-15/h2-4,7,9H,5,8H2,1H3,(H,16,20). The summed E-state index contributed by atoms with van der Waals surface area (Å²) in [6.07, 6.45) is -0.154. The second-order valence-electron chi connectivity index (χ2n) is 4.81. The number of anilines is 1. The van der Waals surface area contributed by atoms with Crippen molar-refractivity contribution >= 4 is 23.4 Å². The highest BCUT2D eigenvalue weighted by molar-refractivity contribution is 7.99. The molecule has 1 amide bonds. The lowest BCUT2D eigenvalue weighted by molar-refractivity contribution is -0.115. The van der Waals surface area contributed by atoms with Gasteiger partial charge in [0.15, 0.2) is 11.0 Å². The van der Waals surface area contributed by atoms with Crippen LogP contribution in [0.2, 0.25) is 0 Å². The monoisotopic (exact) mass is 299 g/mol. The van der Waals surface area contributed by atoms with Crippen molar-refractivity contribution in [1.82, 2.24) is 14.8 Å². The molecule has 1 aromatic carbocycles. The van der Waals surface area contributed by atoms with Crippen LogP contribution in [0, 0.1) is 11.3 Å². The van der Waals surface area contributed by atoms with Crippen LogP contribution in [0.15, 0.2) is 29.4 Å². The van der Waals surface area contributed by atoms with Gasteiger partial charge in [-0.15, -0.1) is 10.2 Å². The van der Waals surface area contributed by atoms with Crippen LogP contribution in [-0.4, -0.2) is 25.9 Å². The van der Waals surface area contributed by atoms with Crippen LogP contribution in [0.1, 0.15) is 13.3 Å². The summed E-state index contributed by atoms with van der Waals surface area (Å²) in [5.41, 5.74) is 1.56. The lowest BCUT2D eigenvalue weighted by Gasteiger charge is -2.07. The van der Waals surface area contributed by atoms with E-state index in [9.17, 15) is 4.79 Å². The predicted molar refractivity (Wildman–Crippen MR) is 79.6 cm³/mol. The topological polar surface area (TPSA) is 83.6 Å². The maximum Gasteiger partial charge on any atom is 0.238 e. The molecule has 3 rings (SSSR count). The predicted octanol–water partition coefficient (Wildman–Crippen LogP) is 2.29. The SMILES string of the molecule is CC1Cn2c(nnc2-c2cccc(NC(=O)CC#N)c2)S1. The fourth-order valence-corrected chi connectivity index (χ4v) is 3.20. The van der Waals surface area contributed by atoms with E-state index in [0.717, 1.165) is 23.1 Å². The Morgan fingerprint density at radius 2 is 2.43 bits per heavy atom. The van der Waals surface area contributed by atoms with Gasteiger partial charge < -0.3 is 9.88 Å². The van der Waals surface area contributed by atoms with Crippen molar-refractivity contribution in [3.8, 4) is 17.5 Å². The molecule has 0 saturated carbocycles. The van der Waals surface area contributed by atoms with Gasteiger partial charge in [-0.1, -0.05) is 30.8 Å². The average molecular weight is 299 g/mol. The van der Waals surface area contributed by atoms with E-state index in [1.165, 1.54) is 0 Å². The first-order valence-corrected chi connectivity index (χ1v) is 7.42. The van der Waals surface area contributed by atoms with Gasteiger partial charge in [-0.25, -0.2) is 0 Å². The maximum absolute atomic E-state index is 11.5. The summed E-state index contributed by atoms with van der Waals surface area (Å²) in [6.45, 7) is 3.04. The lowest BCUT2D eigenvalue weighted by Crippen LogP contribution is -2.10. The van der Waals surface area contributed by atoms with Gasteiger partial charge in [0.25, 0.3) is 0 Å². The first-order valence-electron chi connectivity index (χ1n) is 6.54.